The smallest absolute Gasteiger partial charge is 0.0544 e. The van der Waals surface area contributed by atoms with E-state index in [1.54, 1.807) is 7.11 Å². The van der Waals surface area contributed by atoms with E-state index in [9.17, 15) is 5.11 Å². The molecule has 0 aromatic carbocycles. The molecule has 0 aliphatic carbocycles. The summed E-state index contributed by atoms with van der Waals surface area (Å²) in [6.07, 6.45) is 10.7. The Labute approximate surface area is 101 Å². The molecule has 0 heterocycles. The first kappa shape index (κ1) is 15.9. The third-order valence-corrected chi connectivity index (χ3v) is 3.20. The van der Waals surface area contributed by atoms with Crippen LogP contribution in [0, 0.1) is 0 Å². The summed E-state index contributed by atoms with van der Waals surface area (Å²) < 4.78 is 5.16. The molecule has 2 unspecified atom stereocenters. The molecular weight excluding hydrogens is 200 g/mol. The summed E-state index contributed by atoms with van der Waals surface area (Å²) in [5.74, 6) is 0. The van der Waals surface area contributed by atoms with Crippen molar-refractivity contribution in [1.82, 2.24) is 0 Å². The quantitative estimate of drug-likeness (QED) is 0.545. The maximum absolute atomic E-state index is 9.74. The molecule has 0 bridgehead atoms. The van der Waals surface area contributed by atoms with Crippen LogP contribution >= 0.6 is 0 Å². The van der Waals surface area contributed by atoms with E-state index in [1.807, 2.05) is 0 Å². The number of unbranched alkanes of at least 4 members (excludes halogenated alkanes) is 5. The van der Waals surface area contributed by atoms with E-state index < -0.39 is 0 Å². The Morgan fingerprint density at radius 2 is 1.56 bits per heavy atom. The SMILES string of the molecule is CCCCCCCCC(O)CCC(C)OC. The van der Waals surface area contributed by atoms with Crippen LogP contribution in [0.1, 0.15) is 71.6 Å². The second-order valence-electron chi connectivity index (χ2n) is 4.83. The minimum Gasteiger partial charge on any atom is -0.393 e. The number of ether oxygens (including phenoxy) is 1. The van der Waals surface area contributed by atoms with Crippen molar-refractivity contribution in [2.45, 2.75) is 83.8 Å². The van der Waals surface area contributed by atoms with Gasteiger partial charge in [-0.15, -0.1) is 0 Å². The Balaban J connectivity index is 3.20. The topological polar surface area (TPSA) is 29.5 Å². The van der Waals surface area contributed by atoms with Crippen molar-refractivity contribution in [2.75, 3.05) is 7.11 Å². The predicted molar refractivity (Wildman–Crippen MR) is 69.7 cm³/mol. The fourth-order valence-electron chi connectivity index (χ4n) is 1.85. The van der Waals surface area contributed by atoms with Crippen LogP contribution in [0.3, 0.4) is 0 Å². The molecule has 0 fully saturated rings. The monoisotopic (exact) mass is 230 g/mol. The summed E-state index contributed by atoms with van der Waals surface area (Å²) in [6, 6.07) is 0. The van der Waals surface area contributed by atoms with Crippen molar-refractivity contribution in [1.29, 1.82) is 0 Å². The van der Waals surface area contributed by atoms with Crippen molar-refractivity contribution in [3.05, 3.63) is 0 Å². The first-order valence-corrected chi connectivity index (χ1v) is 6.91. The number of hydrogen-bond acceptors (Lipinski definition) is 2. The second-order valence-corrected chi connectivity index (χ2v) is 4.83. The Morgan fingerprint density at radius 1 is 0.938 bits per heavy atom. The van der Waals surface area contributed by atoms with Crippen molar-refractivity contribution in [3.63, 3.8) is 0 Å². The highest BCUT2D eigenvalue weighted by molar-refractivity contribution is 4.59. The second kappa shape index (κ2) is 11.4. The van der Waals surface area contributed by atoms with Gasteiger partial charge in [-0.3, -0.25) is 0 Å². The van der Waals surface area contributed by atoms with Crippen LogP contribution in [0.5, 0.6) is 0 Å². The number of rotatable bonds is 11. The van der Waals surface area contributed by atoms with Gasteiger partial charge in [0.25, 0.3) is 0 Å². The molecule has 0 saturated heterocycles. The molecule has 1 N–H and O–H groups in total. The number of hydrogen-bond donors (Lipinski definition) is 1. The highest BCUT2D eigenvalue weighted by Gasteiger charge is 2.06. The average Bonchev–Trinajstić information content (AvgIpc) is 2.30. The summed E-state index contributed by atoms with van der Waals surface area (Å²) in [5.41, 5.74) is 0. The third kappa shape index (κ3) is 10.4. The lowest BCUT2D eigenvalue weighted by molar-refractivity contribution is 0.0816. The summed E-state index contributed by atoms with van der Waals surface area (Å²) in [6.45, 7) is 4.29. The zero-order valence-electron chi connectivity index (χ0n) is 11.4. The fourth-order valence-corrected chi connectivity index (χ4v) is 1.85. The van der Waals surface area contributed by atoms with E-state index in [0.717, 1.165) is 19.3 Å². The minimum absolute atomic E-state index is 0.122. The van der Waals surface area contributed by atoms with Crippen LogP contribution in [-0.4, -0.2) is 24.4 Å². The van der Waals surface area contributed by atoms with Crippen LogP contribution in [-0.2, 0) is 4.74 Å². The van der Waals surface area contributed by atoms with Gasteiger partial charge < -0.3 is 9.84 Å². The Kier molecular flexibility index (Phi) is 11.3. The van der Waals surface area contributed by atoms with Gasteiger partial charge in [-0.25, -0.2) is 0 Å². The maximum atomic E-state index is 9.74. The van der Waals surface area contributed by atoms with Gasteiger partial charge >= 0.3 is 0 Å². The summed E-state index contributed by atoms with van der Waals surface area (Å²) in [4.78, 5) is 0. The Morgan fingerprint density at radius 3 is 2.19 bits per heavy atom. The number of aliphatic hydroxyl groups is 1. The van der Waals surface area contributed by atoms with Crippen LogP contribution in [0.25, 0.3) is 0 Å². The molecule has 0 aliphatic heterocycles. The highest BCUT2D eigenvalue weighted by Crippen LogP contribution is 2.12. The molecule has 2 heteroatoms. The molecule has 0 saturated carbocycles. The van der Waals surface area contributed by atoms with Gasteiger partial charge in [-0.05, 0) is 26.2 Å². The summed E-state index contributed by atoms with van der Waals surface area (Å²) >= 11 is 0. The summed E-state index contributed by atoms with van der Waals surface area (Å²) in [5, 5.41) is 9.74. The molecule has 16 heavy (non-hydrogen) atoms. The average molecular weight is 230 g/mol. The summed E-state index contributed by atoms with van der Waals surface area (Å²) in [7, 11) is 1.73. The molecule has 0 aliphatic rings. The van der Waals surface area contributed by atoms with Gasteiger partial charge in [0.2, 0.25) is 0 Å². The molecule has 2 nitrogen and oxygen atoms in total. The lowest BCUT2D eigenvalue weighted by Gasteiger charge is -2.13. The highest BCUT2D eigenvalue weighted by atomic mass is 16.5. The molecule has 0 aromatic heterocycles. The maximum Gasteiger partial charge on any atom is 0.0544 e. The van der Waals surface area contributed by atoms with E-state index in [-0.39, 0.29) is 12.2 Å². The Hall–Kier alpha value is -0.0800. The van der Waals surface area contributed by atoms with E-state index in [4.69, 9.17) is 4.74 Å². The van der Waals surface area contributed by atoms with Gasteiger partial charge in [-0.2, -0.15) is 0 Å². The van der Waals surface area contributed by atoms with Gasteiger partial charge in [0.05, 0.1) is 12.2 Å². The molecule has 2 atom stereocenters. The van der Waals surface area contributed by atoms with Crippen molar-refractivity contribution in [3.8, 4) is 0 Å². The van der Waals surface area contributed by atoms with E-state index in [2.05, 4.69) is 13.8 Å². The zero-order valence-corrected chi connectivity index (χ0v) is 11.4. The normalized spacial score (nSPS) is 15.0. The molecule has 0 rings (SSSR count). The van der Waals surface area contributed by atoms with Gasteiger partial charge in [0.15, 0.2) is 0 Å². The van der Waals surface area contributed by atoms with E-state index in [1.165, 1.54) is 38.5 Å². The van der Waals surface area contributed by atoms with Crippen LogP contribution in [0.2, 0.25) is 0 Å². The van der Waals surface area contributed by atoms with Crippen LogP contribution in [0.4, 0.5) is 0 Å². The van der Waals surface area contributed by atoms with Crippen molar-refractivity contribution >= 4 is 0 Å². The lowest BCUT2D eigenvalue weighted by Crippen LogP contribution is -2.12. The van der Waals surface area contributed by atoms with Crippen molar-refractivity contribution in [2.24, 2.45) is 0 Å². The number of aliphatic hydroxyl groups excluding tert-OH is 1. The van der Waals surface area contributed by atoms with Crippen molar-refractivity contribution < 1.29 is 9.84 Å². The predicted octanol–water partition coefficient (Wildman–Crippen LogP) is 3.91. The van der Waals surface area contributed by atoms with E-state index >= 15 is 0 Å². The lowest BCUT2D eigenvalue weighted by atomic mass is 10.0. The minimum atomic E-state index is -0.122. The zero-order chi connectivity index (χ0) is 12.2. The molecular formula is C14H30O2. The largest absolute Gasteiger partial charge is 0.393 e. The molecule has 0 amide bonds. The van der Waals surface area contributed by atoms with Gasteiger partial charge in [0, 0.05) is 7.11 Å². The van der Waals surface area contributed by atoms with Gasteiger partial charge in [-0.1, -0.05) is 45.4 Å². The first-order chi connectivity index (χ1) is 7.70. The molecule has 0 radical (unpaired) electrons. The molecule has 0 aromatic rings. The van der Waals surface area contributed by atoms with Crippen LogP contribution in [0.15, 0.2) is 0 Å². The fraction of sp³-hybridized carbons (Fsp3) is 1.00. The third-order valence-electron chi connectivity index (χ3n) is 3.20. The first-order valence-electron chi connectivity index (χ1n) is 6.91. The standard InChI is InChI=1S/C14H30O2/c1-4-5-6-7-8-9-10-14(15)12-11-13(2)16-3/h13-15H,4-12H2,1-3H3. The molecule has 0 spiro atoms. The Bertz CT molecular complexity index is 137. The molecule has 98 valence electrons. The van der Waals surface area contributed by atoms with Gasteiger partial charge in [0.1, 0.15) is 0 Å². The van der Waals surface area contributed by atoms with Crippen LogP contribution < -0.4 is 0 Å². The number of methoxy groups -OCH3 is 1. The van der Waals surface area contributed by atoms with E-state index in [0.29, 0.717) is 0 Å².